The molecule has 1 aliphatic heterocycles. The van der Waals surface area contributed by atoms with Gasteiger partial charge in [-0.2, -0.15) is 5.10 Å². The first-order chi connectivity index (χ1) is 12.6. The second kappa shape index (κ2) is 9.16. The highest BCUT2D eigenvalue weighted by atomic mass is 16.1. The van der Waals surface area contributed by atoms with Crippen molar-refractivity contribution in [1.29, 1.82) is 0 Å². The maximum absolute atomic E-state index is 11.8. The van der Waals surface area contributed by atoms with Gasteiger partial charge in [-0.05, 0) is 68.9 Å². The van der Waals surface area contributed by atoms with Gasteiger partial charge in [0.2, 0.25) is 0 Å². The summed E-state index contributed by atoms with van der Waals surface area (Å²) >= 11 is 0. The summed E-state index contributed by atoms with van der Waals surface area (Å²) in [5, 5.41) is 4.60. The Bertz CT molecular complexity index is 564. The van der Waals surface area contributed by atoms with E-state index in [0.717, 1.165) is 25.2 Å². The molecule has 0 spiro atoms. The Balaban J connectivity index is 1.36. The van der Waals surface area contributed by atoms with E-state index in [1.165, 1.54) is 57.3 Å². The summed E-state index contributed by atoms with van der Waals surface area (Å²) in [6.45, 7) is 10.1. The highest BCUT2D eigenvalue weighted by Crippen LogP contribution is 2.32. The zero-order valence-corrected chi connectivity index (χ0v) is 17.0. The molecule has 26 heavy (non-hydrogen) atoms. The molecule has 1 saturated heterocycles. The fraction of sp³-hybridized carbons (Fsp3) is 0.818. The summed E-state index contributed by atoms with van der Waals surface area (Å²) in [4.78, 5) is 14.5. The van der Waals surface area contributed by atoms with Crippen LogP contribution in [-0.4, -0.2) is 40.1 Å². The molecule has 146 valence electrons. The van der Waals surface area contributed by atoms with Gasteiger partial charge in [0.05, 0.1) is 12.2 Å². The number of ketones is 1. The first-order valence-corrected chi connectivity index (χ1v) is 10.9. The van der Waals surface area contributed by atoms with Crippen LogP contribution in [0.4, 0.5) is 0 Å². The Hall–Kier alpha value is -1.16. The zero-order chi connectivity index (χ0) is 18.5. The number of rotatable bonds is 7. The van der Waals surface area contributed by atoms with Crippen LogP contribution in [-0.2, 0) is 4.79 Å². The average Bonchev–Trinajstić information content (AvgIpc) is 3.17. The minimum absolute atomic E-state index is 0.372. The topological polar surface area (TPSA) is 38.1 Å². The van der Waals surface area contributed by atoms with Gasteiger partial charge in [-0.15, -0.1) is 0 Å². The highest BCUT2D eigenvalue weighted by Gasteiger charge is 2.26. The van der Waals surface area contributed by atoms with Crippen molar-refractivity contribution < 1.29 is 4.79 Å². The fourth-order valence-corrected chi connectivity index (χ4v) is 4.68. The Morgan fingerprint density at radius 3 is 2.42 bits per heavy atom. The third-order valence-electron chi connectivity index (χ3n) is 6.72. The molecule has 0 amide bonds. The van der Waals surface area contributed by atoms with Crippen LogP contribution >= 0.6 is 0 Å². The molecule has 4 heteroatoms. The van der Waals surface area contributed by atoms with Gasteiger partial charge in [0.25, 0.3) is 0 Å². The summed E-state index contributed by atoms with van der Waals surface area (Å²) in [6, 6.07) is 0.578. The van der Waals surface area contributed by atoms with Gasteiger partial charge in [0, 0.05) is 31.6 Å². The summed E-state index contributed by atoms with van der Waals surface area (Å²) in [7, 11) is 0. The molecule has 1 saturated carbocycles. The number of carbonyl (C=O) groups excluding carboxylic acids is 1. The van der Waals surface area contributed by atoms with Crippen LogP contribution in [0.5, 0.6) is 0 Å². The number of likely N-dealkylation sites (tertiary alicyclic amines) is 1. The Morgan fingerprint density at radius 1 is 1.15 bits per heavy atom. The lowest BCUT2D eigenvalue weighted by Gasteiger charge is -2.34. The molecular formula is C22H37N3O. The second-order valence-electron chi connectivity index (χ2n) is 8.81. The van der Waals surface area contributed by atoms with Gasteiger partial charge in [-0.3, -0.25) is 9.48 Å². The Morgan fingerprint density at radius 2 is 1.85 bits per heavy atom. The van der Waals surface area contributed by atoms with Crippen molar-refractivity contribution in [3.05, 3.63) is 18.0 Å². The van der Waals surface area contributed by atoms with Gasteiger partial charge in [-0.1, -0.05) is 20.8 Å². The minimum Gasteiger partial charge on any atom is -0.303 e. The van der Waals surface area contributed by atoms with Gasteiger partial charge in [-0.25, -0.2) is 0 Å². The number of Topliss-reactive ketones (excluding diaryl/α,β-unsaturated/α-hetero) is 1. The molecule has 0 N–H and O–H groups in total. The molecule has 4 nitrogen and oxygen atoms in total. The Kier molecular flexibility index (Phi) is 6.91. The smallest absolute Gasteiger partial charge is 0.135 e. The average molecular weight is 360 g/mol. The normalized spacial score (nSPS) is 25.7. The lowest BCUT2D eigenvalue weighted by Crippen LogP contribution is -2.36. The van der Waals surface area contributed by atoms with E-state index < -0.39 is 0 Å². The molecule has 0 bridgehead atoms. The monoisotopic (exact) mass is 359 g/mol. The van der Waals surface area contributed by atoms with Gasteiger partial charge < -0.3 is 4.90 Å². The van der Waals surface area contributed by atoms with Crippen molar-refractivity contribution in [3.8, 4) is 0 Å². The number of piperidine rings is 1. The van der Waals surface area contributed by atoms with Crippen LogP contribution in [0.2, 0.25) is 0 Å². The van der Waals surface area contributed by atoms with Crippen molar-refractivity contribution in [2.75, 3.05) is 19.6 Å². The lowest BCUT2D eigenvalue weighted by molar-refractivity contribution is -0.123. The lowest BCUT2D eigenvalue weighted by atomic mass is 9.78. The van der Waals surface area contributed by atoms with Crippen LogP contribution in [0.1, 0.15) is 89.7 Å². The van der Waals surface area contributed by atoms with Crippen LogP contribution in [0.3, 0.4) is 0 Å². The van der Waals surface area contributed by atoms with E-state index in [1.54, 1.807) is 0 Å². The van der Waals surface area contributed by atoms with Crippen LogP contribution in [0.15, 0.2) is 12.4 Å². The molecule has 1 aromatic rings. The molecule has 0 unspecified atom stereocenters. The van der Waals surface area contributed by atoms with Gasteiger partial charge in [0.1, 0.15) is 5.78 Å². The van der Waals surface area contributed by atoms with Crippen molar-refractivity contribution in [2.45, 2.75) is 84.1 Å². The zero-order valence-electron chi connectivity index (χ0n) is 17.0. The molecule has 0 atom stereocenters. The number of nitrogens with zero attached hydrogens (tertiary/aromatic N) is 3. The summed E-state index contributed by atoms with van der Waals surface area (Å²) in [6.07, 6.45) is 13.6. The van der Waals surface area contributed by atoms with E-state index in [9.17, 15) is 4.79 Å². The van der Waals surface area contributed by atoms with Crippen molar-refractivity contribution in [3.63, 3.8) is 0 Å². The second-order valence-corrected chi connectivity index (χ2v) is 8.81. The predicted molar refractivity (Wildman–Crippen MR) is 106 cm³/mol. The van der Waals surface area contributed by atoms with E-state index in [2.05, 4.69) is 34.7 Å². The molecule has 2 heterocycles. The molecule has 0 radical (unpaired) electrons. The molecule has 0 aromatic carbocycles. The van der Waals surface area contributed by atoms with Crippen LogP contribution in [0, 0.1) is 11.8 Å². The van der Waals surface area contributed by atoms with E-state index in [0.29, 0.717) is 23.7 Å². The minimum atomic E-state index is 0.372. The van der Waals surface area contributed by atoms with Gasteiger partial charge >= 0.3 is 0 Å². The molecular weight excluding hydrogens is 322 g/mol. The first kappa shape index (κ1) is 19.6. The van der Waals surface area contributed by atoms with E-state index >= 15 is 0 Å². The summed E-state index contributed by atoms with van der Waals surface area (Å²) in [5.74, 6) is 2.27. The number of hydrogen-bond donors (Lipinski definition) is 0. The van der Waals surface area contributed by atoms with E-state index in [1.807, 2.05) is 13.1 Å². The SMILES string of the molecule is CCC(=O)[C@H]1CC[C@H](CCN2CCC(n3cc(C(C)C)cn3)CC2)CC1. The molecule has 3 rings (SSSR count). The largest absolute Gasteiger partial charge is 0.303 e. The predicted octanol–water partition coefficient (Wildman–Crippen LogP) is 4.82. The summed E-state index contributed by atoms with van der Waals surface area (Å²) in [5.41, 5.74) is 1.35. The maximum atomic E-state index is 11.8. The number of aromatic nitrogens is 2. The number of carbonyl (C=O) groups is 1. The van der Waals surface area contributed by atoms with E-state index in [-0.39, 0.29) is 0 Å². The van der Waals surface area contributed by atoms with Crippen LogP contribution < -0.4 is 0 Å². The summed E-state index contributed by atoms with van der Waals surface area (Å²) < 4.78 is 2.21. The number of hydrogen-bond acceptors (Lipinski definition) is 3. The first-order valence-electron chi connectivity index (χ1n) is 10.9. The van der Waals surface area contributed by atoms with Crippen molar-refractivity contribution in [2.24, 2.45) is 11.8 Å². The quantitative estimate of drug-likeness (QED) is 0.700. The maximum Gasteiger partial charge on any atom is 0.135 e. The third kappa shape index (κ3) is 4.97. The standard InChI is InChI=1S/C22H37N3O/c1-4-22(26)19-7-5-18(6-8-19)9-12-24-13-10-21(11-14-24)25-16-20(15-23-25)17(2)3/h15-19,21H,4-14H2,1-3H3/t18-,19-. The Labute approximate surface area is 159 Å². The van der Waals surface area contributed by atoms with Crippen LogP contribution in [0.25, 0.3) is 0 Å². The molecule has 2 fully saturated rings. The fourth-order valence-electron chi connectivity index (χ4n) is 4.68. The van der Waals surface area contributed by atoms with Gasteiger partial charge in [0.15, 0.2) is 0 Å². The van der Waals surface area contributed by atoms with Crippen molar-refractivity contribution >= 4 is 5.78 Å². The van der Waals surface area contributed by atoms with Crippen molar-refractivity contribution in [1.82, 2.24) is 14.7 Å². The highest BCUT2D eigenvalue weighted by molar-refractivity contribution is 5.80. The molecule has 2 aliphatic rings. The third-order valence-corrected chi connectivity index (χ3v) is 6.72. The molecule has 1 aromatic heterocycles. The molecule has 1 aliphatic carbocycles. The van der Waals surface area contributed by atoms with E-state index in [4.69, 9.17) is 0 Å².